The van der Waals surface area contributed by atoms with Crippen LogP contribution in [0.25, 0.3) is 0 Å². The molecular formula is C14H18N2O. The molecule has 3 heteroatoms. The molecule has 2 heterocycles. The van der Waals surface area contributed by atoms with Crippen molar-refractivity contribution >= 4 is 11.6 Å². The topological polar surface area (TPSA) is 32.3 Å². The fourth-order valence-electron chi connectivity index (χ4n) is 3.13. The van der Waals surface area contributed by atoms with E-state index in [0.717, 1.165) is 25.8 Å². The van der Waals surface area contributed by atoms with Crippen molar-refractivity contribution in [2.75, 3.05) is 5.32 Å². The minimum atomic E-state index is -0.111. The Bertz CT molecular complexity index is 457. The molecule has 0 bridgehead atoms. The zero-order valence-electron chi connectivity index (χ0n) is 10.2. The predicted octanol–water partition coefficient (Wildman–Crippen LogP) is 2.73. The molecule has 0 radical (unpaired) electrons. The minimum absolute atomic E-state index is 0.111. The van der Waals surface area contributed by atoms with Gasteiger partial charge in [0, 0.05) is 18.7 Å². The Morgan fingerprint density at radius 1 is 1.41 bits per heavy atom. The summed E-state index contributed by atoms with van der Waals surface area (Å²) in [5, 5.41) is 3.61. The number of rotatable bonds is 2. The first kappa shape index (κ1) is 10.6. The molecule has 1 atom stereocenters. The summed E-state index contributed by atoms with van der Waals surface area (Å²) in [7, 11) is 0. The fourth-order valence-corrected chi connectivity index (χ4v) is 3.13. The van der Waals surface area contributed by atoms with Crippen LogP contribution >= 0.6 is 0 Å². The highest BCUT2D eigenvalue weighted by Gasteiger charge is 2.46. The van der Waals surface area contributed by atoms with Crippen molar-refractivity contribution in [3.63, 3.8) is 0 Å². The van der Waals surface area contributed by atoms with Crippen LogP contribution < -0.4 is 5.32 Å². The van der Waals surface area contributed by atoms with Crippen LogP contribution in [0.2, 0.25) is 0 Å². The van der Waals surface area contributed by atoms with Crippen molar-refractivity contribution < 1.29 is 4.79 Å². The maximum Gasteiger partial charge on any atom is 0.224 e. The Balaban J connectivity index is 2.01. The number of carbonyl (C=O) groups excluding carboxylic acids is 1. The number of anilines is 1. The van der Waals surface area contributed by atoms with Gasteiger partial charge in [0.05, 0.1) is 0 Å². The first-order valence-corrected chi connectivity index (χ1v) is 6.42. The molecule has 1 saturated heterocycles. The van der Waals surface area contributed by atoms with E-state index in [0.29, 0.717) is 12.3 Å². The summed E-state index contributed by atoms with van der Waals surface area (Å²) < 4.78 is 0. The number of nitrogens with one attached hydrogen (secondary N) is 1. The number of benzene rings is 1. The zero-order chi connectivity index (χ0) is 11.9. The van der Waals surface area contributed by atoms with Crippen molar-refractivity contribution in [2.24, 2.45) is 0 Å². The normalized spacial score (nSPS) is 26.4. The van der Waals surface area contributed by atoms with Gasteiger partial charge in [-0.3, -0.25) is 4.79 Å². The van der Waals surface area contributed by atoms with Gasteiger partial charge in [0.15, 0.2) is 0 Å². The Morgan fingerprint density at radius 3 is 3.06 bits per heavy atom. The molecule has 1 fully saturated rings. The van der Waals surface area contributed by atoms with E-state index in [4.69, 9.17) is 0 Å². The lowest BCUT2D eigenvalue weighted by atomic mass is 9.96. The summed E-state index contributed by atoms with van der Waals surface area (Å²) in [4.78, 5) is 14.0. The van der Waals surface area contributed by atoms with Crippen molar-refractivity contribution in [3.8, 4) is 0 Å². The van der Waals surface area contributed by atoms with Gasteiger partial charge in [0.25, 0.3) is 0 Å². The van der Waals surface area contributed by atoms with E-state index >= 15 is 0 Å². The van der Waals surface area contributed by atoms with E-state index in [1.54, 1.807) is 0 Å². The van der Waals surface area contributed by atoms with Crippen LogP contribution in [0.15, 0.2) is 24.3 Å². The molecule has 2 aliphatic rings. The molecule has 1 aromatic carbocycles. The van der Waals surface area contributed by atoms with Gasteiger partial charge in [0.2, 0.25) is 5.91 Å². The number of hydrogen-bond acceptors (Lipinski definition) is 2. The van der Waals surface area contributed by atoms with E-state index in [-0.39, 0.29) is 5.66 Å². The second-order valence-corrected chi connectivity index (χ2v) is 5.04. The maximum atomic E-state index is 12.0. The van der Waals surface area contributed by atoms with E-state index in [1.807, 2.05) is 11.0 Å². The monoisotopic (exact) mass is 230 g/mol. The minimum Gasteiger partial charge on any atom is -0.362 e. The summed E-state index contributed by atoms with van der Waals surface area (Å²) in [5.74, 6) is 0.292. The standard InChI is InChI=1S/C14H18N2O/c1-2-8-14-9-7-13(17)16(14)10-11-5-3-4-6-12(11)15-14/h3-6,15H,2,7-10H2,1H3. The van der Waals surface area contributed by atoms with Crippen molar-refractivity contribution in [3.05, 3.63) is 29.8 Å². The van der Waals surface area contributed by atoms with Crippen LogP contribution in [-0.4, -0.2) is 16.5 Å². The number of hydrogen-bond donors (Lipinski definition) is 1. The average Bonchev–Trinajstić information content (AvgIpc) is 2.65. The Morgan fingerprint density at radius 2 is 2.24 bits per heavy atom. The molecule has 1 amide bonds. The van der Waals surface area contributed by atoms with Gasteiger partial charge in [-0.2, -0.15) is 0 Å². The number of amides is 1. The highest BCUT2D eigenvalue weighted by Crippen LogP contribution is 2.41. The number of carbonyl (C=O) groups is 1. The molecule has 0 saturated carbocycles. The third kappa shape index (κ3) is 1.53. The van der Waals surface area contributed by atoms with Crippen LogP contribution in [0.5, 0.6) is 0 Å². The SMILES string of the molecule is CCCC12CCC(=O)N1Cc1ccccc1N2. The van der Waals surface area contributed by atoms with E-state index in [9.17, 15) is 4.79 Å². The van der Waals surface area contributed by atoms with Crippen LogP contribution in [0.1, 0.15) is 38.2 Å². The number of nitrogens with zero attached hydrogens (tertiary/aromatic N) is 1. The summed E-state index contributed by atoms with van der Waals surface area (Å²) >= 11 is 0. The predicted molar refractivity (Wildman–Crippen MR) is 67.5 cm³/mol. The lowest BCUT2D eigenvalue weighted by molar-refractivity contribution is -0.131. The van der Waals surface area contributed by atoms with Crippen LogP contribution in [0, 0.1) is 0 Å². The molecular weight excluding hydrogens is 212 g/mol. The van der Waals surface area contributed by atoms with E-state index < -0.39 is 0 Å². The molecule has 0 aromatic heterocycles. The molecule has 17 heavy (non-hydrogen) atoms. The lowest BCUT2D eigenvalue weighted by Gasteiger charge is -2.44. The van der Waals surface area contributed by atoms with Crippen LogP contribution in [0.4, 0.5) is 5.69 Å². The molecule has 1 aromatic rings. The van der Waals surface area contributed by atoms with E-state index in [2.05, 4.69) is 30.4 Å². The summed E-state index contributed by atoms with van der Waals surface area (Å²) in [6, 6.07) is 8.31. The number of fused-ring (bicyclic) bond motifs is 2. The van der Waals surface area contributed by atoms with Crippen LogP contribution in [0.3, 0.4) is 0 Å². The first-order valence-electron chi connectivity index (χ1n) is 6.42. The van der Waals surface area contributed by atoms with Gasteiger partial charge < -0.3 is 10.2 Å². The summed E-state index contributed by atoms with van der Waals surface area (Å²) in [5.41, 5.74) is 2.32. The fraction of sp³-hybridized carbons (Fsp3) is 0.500. The third-order valence-electron chi connectivity index (χ3n) is 3.95. The van der Waals surface area contributed by atoms with Crippen LogP contribution in [-0.2, 0) is 11.3 Å². The van der Waals surface area contributed by atoms with Crippen molar-refractivity contribution in [1.29, 1.82) is 0 Å². The van der Waals surface area contributed by atoms with Gasteiger partial charge in [-0.25, -0.2) is 0 Å². The smallest absolute Gasteiger partial charge is 0.224 e. The second kappa shape index (κ2) is 3.76. The molecule has 0 spiro atoms. The van der Waals surface area contributed by atoms with Crippen molar-refractivity contribution in [1.82, 2.24) is 4.90 Å². The zero-order valence-corrected chi connectivity index (χ0v) is 10.2. The van der Waals surface area contributed by atoms with Gasteiger partial charge in [-0.15, -0.1) is 0 Å². The number of para-hydroxylation sites is 1. The largest absolute Gasteiger partial charge is 0.362 e. The van der Waals surface area contributed by atoms with Gasteiger partial charge >= 0.3 is 0 Å². The van der Waals surface area contributed by atoms with E-state index in [1.165, 1.54) is 11.3 Å². The van der Waals surface area contributed by atoms with Gasteiger partial charge in [0.1, 0.15) is 5.66 Å². The molecule has 1 N–H and O–H groups in total. The molecule has 2 aliphatic heterocycles. The molecule has 0 aliphatic carbocycles. The molecule has 1 unspecified atom stereocenters. The quantitative estimate of drug-likeness (QED) is 0.847. The lowest BCUT2D eigenvalue weighted by Crippen LogP contribution is -2.53. The van der Waals surface area contributed by atoms with Gasteiger partial charge in [-0.05, 0) is 24.5 Å². The van der Waals surface area contributed by atoms with Crippen molar-refractivity contribution in [2.45, 2.75) is 44.8 Å². The Hall–Kier alpha value is -1.51. The Labute approximate surface area is 102 Å². The molecule has 90 valence electrons. The second-order valence-electron chi connectivity index (χ2n) is 5.04. The summed E-state index contributed by atoms with van der Waals surface area (Å²) in [6.07, 6.45) is 3.75. The third-order valence-corrected chi connectivity index (χ3v) is 3.95. The molecule has 3 nitrogen and oxygen atoms in total. The average molecular weight is 230 g/mol. The maximum absolute atomic E-state index is 12.0. The highest BCUT2D eigenvalue weighted by molar-refractivity contribution is 5.81. The highest BCUT2D eigenvalue weighted by atomic mass is 16.2. The Kier molecular flexibility index (Phi) is 2.35. The summed E-state index contributed by atoms with van der Waals surface area (Å²) in [6.45, 7) is 2.94. The molecule has 3 rings (SSSR count). The first-order chi connectivity index (χ1) is 8.25. The van der Waals surface area contributed by atoms with Gasteiger partial charge in [-0.1, -0.05) is 31.5 Å².